The van der Waals surface area contributed by atoms with Gasteiger partial charge < -0.3 is 39.4 Å². The summed E-state index contributed by atoms with van der Waals surface area (Å²) in [4.78, 5) is 24.9. The lowest BCUT2D eigenvalue weighted by atomic mass is 9.97. The molecule has 1 aliphatic heterocycles. The average molecular weight is 611 g/mol. The fourth-order valence-corrected chi connectivity index (χ4v) is 6.04. The number of carbonyl (C=O) groups is 2. The topological polar surface area (TPSA) is 182 Å². The lowest BCUT2D eigenvalue weighted by molar-refractivity contribution is -0.249. The summed E-state index contributed by atoms with van der Waals surface area (Å²) in [5, 5.41) is 36.3. The van der Waals surface area contributed by atoms with Crippen molar-refractivity contribution in [3.63, 3.8) is 0 Å². The molecule has 5 N–H and O–H groups in total. The minimum Gasteiger partial charge on any atom is -0.497 e. The summed E-state index contributed by atoms with van der Waals surface area (Å²) < 4.78 is 42.0. The first-order valence-corrected chi connectivity index (χ1v) is 15.0. The van der Waals surface area contributed by atoms with Crippen LogP contribution >= 0.6 is 7.75 Å². The van der Waals surface area contributed by atoms with Gasteiger partial charge in [-0.3, -0.25) is 14.1 Å². The van der Waals surface area contributed by atoms with Gasteiger partial charge in [-0.25, -0.2) is 4.57 Å². The molecule has 0 saturated carbocycles. The molecular formula is C28H39N2O11P. The van der Waals surface area contributed by atoms with E-state index in [1.165, 1.54) is 26.2 Å². The van der Waals surface area contributed by atoms with Crippen LogP contribution in [0.2, 0.25) is 0 Å². The van der Waals surface area contributed by atoms with Crippen LogP contribution in [0.15, 0.2) is 54.6 Å². The first-order chi connectivity index (χ1) is 19.9. The highest BCUT2D eigenvalue weighted by atomic mass is 31.2. The number of hydrogen-bond acceptors (Lipinski definition) is 11. The van der Waals surface area contributed by atoms with Gasteiger partial charge in [-0.05, 0) is 42.2 Å². The van der Waals surface area contributed by atoms with Crippen LogP contribution in [0, 0.1) is 5.92 Å². The van der Waals surface area contributed by atoms with E-state index >= 15 is 0 Å². The normalized spacial score (nSPS) is 24.3. The molecule has 0 spiro atoms. The number of aliphatic hydroxyl groups excluding tert-OH is 3. The third kappa shape index (κ3) is 9.50. The van der Waals surface area contributed by atoms with Crippen molar-refractivity contribution in [2.75, 3.05) is 13.7 Å². The van der Waals surface area contributed by atoms with Gasteiger partial charge in [-0.2, -0.15) is 5.09 Å². The van der Waals surface area contributed by atoms with Crippen molar-refractivity contribution in [3.8, 4) is 11.5 Å². The molecule has 7 atom stereocenters. The maximum atomic E-state index is 14.4. The molecule has 42 heavy (non-hydrogen) atoms. The van der Waals surface area contributed by atoms with E-state index in [1.54, 1.807) is 36.4 Å². The average Bonchev–Trinajstić information content (AvgIpc) is 2.95. The molecule has 0 bridgehead atoms. The van der Waals surface area contributed by atoms with Crippen LogP contribution in [-0.2, 0) is 34.8 Å². The zero-order valence-electron chi connectivity index (χ0n) is 23.9. The fourth-order valence-electron chi connectivity index (χ4n) is 4.31. The highest BCUT2D eigenvalue weighted by molar-refractivity contribution is 7.52. The van der Waals surface area contributed by atoms with Crippen molar-refractivity contribution in [1.29, 1.82) is 0 Å². The van der Waals surface area contributed by atoms with Crippen LogP contribution in [0.5, 0.6) is 11.5 Å². The van der Waals surface area contributed by atoms with Crippen molar-refractivity contribution in [3.05, 3.63) is 60.2 Å². The number of esters is 1. The predicted molar refractivity (Wildman–Crippen MR) is 150 cm³/mol. The smallest absolute Gasteiger partial charge is 0.459 e. The third-order valence-electron chi connectivity index (χ3n) is 6.32. The van der Waals surface area contributed by atoms with E-state index in [4.69, 9.17) is 23.3 Å². The summed E-state index contributed by atoms with van der Waals surface area (Å²) in [5.74, 6) is -0.804. The van der Waals surface area contributed by atoms with Gasteiger partial charge in [-0.15, -0.1) is 0 Å². The Balaban J connectivity index is 1.93. The van der Waals surface area contributed by atoms with Gasteiger partial charge in [0.05, 0.1) is 13.7 Å². The molecule has 1 fully saturated rings. The second kappa shape index (κ2) is 15.4. The first kappa shape index (κ1) is 33.5. The number of ether oxygens (including phenoxy) is 3. The minimum atomic E-state index is -4.60. The Morgan fingerprint density at radius 1 is 1.05 bits per heavy atom. The van der Waals surface area contributed by atoms with E-state index < -0.39 is 62.9 Å². The number of amides is 1. The van der Waals surface area contributed by atoms with Crippen LogP contribution < -0.4 is 19.7 Å². The molecule has 3 rings (SSSR count). The monoisotopic (exact) mass is 610 g/mol. The summed E-state index contributed by atoms with van der Waals surface area (Å²) in [7, 11) is -3.13. The maximum Gasteiger partial charge on any atom is 0.459 e. The number of benzene rings is 2. The lowest BCUT2D eigenvalue weighted by Crippen LogP contribution is -2.64. The van der Waals surface area contributed by atoms with E-state index in [9.17, 15) is 29.5 Å². The number of rotatable bonds is 14. The molecule has 0 aliphatic carbocycles. The summed E-state index contributed by atoms with van der Waals surface area (Å²) >= 11 is 0. The van der Waals surface area contributed by atoms with Crippen molar-refractivity contribution in [2.24, 2.45) is 5.92 Å². The number of carbonyl (C=O) groups excluding carboxylic acids is 2. The lowest BCUT2D eigenvalue weighted by Gasteiger charge is -2.43. The number of nitrogens with one attached hydrogen (secondary N) is 2. The highest BCUT2D eigenvalue weighted by Crippen LogP contribution is 2.48. The molecule has 1 heterocycles. The third-order valence-corrected chi connectivity index (χ3v) is 7.92. The second-order valence-corrected chi connectivity index (χ2v) is 11.8. The predicted octanol–water partition coefficient (Wildman–Crippen LogP) is 1.89. The Bertz CT molecular complexity index is 1200. The molecule has 14 heteroatoms. The maximum absolute atomic E-state index is 14.4. The molecule has 1 aliphatic rings. The minimum absolute atomic E-state index is 0.0293. The standard InChI is InChI=1S/C28H39N2O11P/c1-17(2)14-22(27(34)38-16-19-8-6-5-7-9-19)30-42(36,40-21-12-10-20(37-4)11-13-21)41-26-23(15-31)39-28(35)24(25(26)33)29-18(3)32/h5-13,17,22-26,28,31,33,35H,14-16H2,1-4H3,(H,29,32)(H,30,36)/t22?,23-,24-,25-,26-,28+,42?/m1/s1. The van der Waals surface area contributed by atoms with Gasteiger partial charge in [-0.1, -0.05) is 44.2 Å². The summed E-state index contributed by atoms with van der Waals surface area (Å²) in [5.41, 5.74) is 0.749. The first-order valence-electron chi connectivity index (χ1n) is 13.4. The van der Waals surface area contributed by atoms with Gasteiger partial charge in [0, 0.05) is 6.92 Å². The van der Waals surface area contributed by atoms with Crippen molar-refractivity contribution in [1.82, 2.24) is 10.4 Å². The Morgan fingerprint density at radius 2 is 1.69 bits per heavy atom. The Kier molecular flexibility index (Phi) is 12.3. The Labute approximate surface area is 244 Å². The van der Waals surface area contributed by atoms with Gasteiger partial charge in [0.1, 0.15) is 48.5 Å². The molecule has 0 aromatic heterocycles. The van der Waals surface area contributed by atoms with Crippen LogP contribution in [0.25, 0.3) is 0 Å². The Morgan fingerprint density at radius 3 is 2.26 bits per heavy atom. The van der Waals surface area contributed by atoms with Gasteiger partial charge >= 0.3 is 13.7 Å². The Hall–Kier alpha value is -3.03. The van der Waals surface area contributed by atoms with Crippen LogP contribution in [0.3, 0.4) is 0 Å². The molecule has 1 saturated heterocycles. The van der Waals surface area contributed by atoms with E-state index in [2.05, 4.69) is 10.4 Å². The molecule has 1 amide bonds. The highest BCUT2D eigenvalue weighted by Gasteiger charge is 2.50. The molecule has 2 unspecified atom stereocenters. The number of methoxy groups -OCH3 is 1. The van der Waals surface area contributed by atoms with Gasteiger partial charge in [0.15, 0.2) is 6.29 Å². The van der Waals surface area contributed by atoms with Crippen LogP contribution in [0.1, 0.15) is 32.8 Å². The van der Waals surface area contributed by atoms with Crippen LogP contribution in [0.4, 0.5) is 0 Å². The number of aliphatic hydroxyl groups is 3. The van der Waals surface area contributed by atoms with Gasteiger partial charge in [0.2, 0.25) is 5.91 Å². The SMILES string of the molecule is COc1ccc(OP(=O)(NC(CC(C)C)C(=O)OCc2ccccc2)O[C@H]2[C@H](O)[C@@H](NC(C)=O)[C@@H](O)O[C@@H]2CO)cc1. The fraction of sp³-hybridized carbons (Fsp3) is 0.500. The summed E-state index contributed by atoms with van der Waals surface area (Å²) in [6.45, 7) is 4.11. The van der Waals surface area contributed by atoms with Crippen LogP contribution in [-0.4, -0.2) is 77.6 Å². The van der Waals surface area contributed by atoms with E-state index in [1.807, 2.05) is 19.9 Å². The largest absolute Gasteiger partial charge is 0.497 e. The molecule has 2 aromatic rings. The van der Waals surface area contributed by atoms with Gasteiger partial charge in [0.25, 0.3) is 0 Å². The van der Waals surface area contributed by atoms with Crippen molar-refractivity contribution >= 4 is 19.6 Å². The molecule has 232 valence electrons. The second-order valence-electron chi connectivity index (χ2n) is 10.2. The summed E-state index contributed by atoms with van der Waals surface area (Å²) in [6, 6.07) is 12.5. The van der Waals surface area contributed by atoms with Crippen molar-refractivity contribution in [2.45, 2.75) is 70.5 Å². The summed E-state index contributed by atoms with van der Waals surface area (Å²) in [6.07, 6.45) is -6.17. The molecule has 0 radical (unpaired) electrons. The zero-order chi connectivity index (χ0) is 30.9. The van der Waals surface area contributed by atoms with E-state index in [0.29, 0.717) is 5.75 Å². The van der Waals surface area contributed by atoms with E-state index in [0.717, 1.165) is 5.56 Å². The van der Waals surface area contributed by atoms with Crippen molar-refractivity contribution < 1.29 is 52.7 Å². The number of hydrogen-bond donors (Lipinski definition) is 5. The molecule has 2 aromatic carbocycles. The molecule has 13 nitrogen and oxygen atoms in total. The molecular weight excluding hydrogens is 571 g/mol. The quantitative estimate of drug-likeness (QED) is 0.155. The zero-order valence-corrected chi connectivity index (χ0v) is 24.8. The van der Waals surface area contributed by atoms with E-state index in [-0.39, 0.29) is 24.7 Å².